The lowest BCUT2D eigenvalue weighted by Gasteiger charge is -2.06. The van der Waals surface area contributed by atoms with Crippen molar-refractivity contribution in [2.45, 2.75) is 4.90 Å². The van der Waals surface area contributed by atoms with E-state index in [1.807, 2.05) is 0 Å². The van der Waals surface area contributed by atoms with Crippen molar-refractivity contribution in [3.63, 3.8) is 0 Å². The Morgan fingerprint density at radius 2 is 1.61 bits per heavy atom. The van der Waals surface area contributed by atoms with Crippen molar-refractivity contribution in [1.29, 1.82) is 0 Å². The normalized spacial score (nSPS) is 11.2. The molecule has 2 aromatic rings. The Morgan fingerprint density at radius 1 is 0.944 bits per heavy atom. The molecule has 0 amide bonds. The molecule has 0 unspecified atom stereocenters. The second-order valence-corrected chi connectivity index (χ2v) is 6.47. The van der Waals surface area contributed by atoms with Crippen molar-refractivity contribution >= 4 is 31.3 Å². The number of hydrogen-bond acceptors (Lipinski definition) is 3. The van der Waals surface area contributed by atoms with E-state index in [1.165, 1.54) is 24.3 Å². The fourth-order valence-corrected chi connectivity index (χ4v) is 2.29. The summed E-state index contributed by atoms with van der Waals surface area (Å²) in [5.41, 5.74) is 0. The summed E-state index contributed by atoms with van der Waals surface area (Å²) >= 11 is 5.82. The smallest absolute Gasteiger partial charge is 0.261 e. The summed E-state index contributed by atoms with van der Waals surface area (Å²) in [7, 11) is 1.50. The van der Waals surface area contributed by atoms with Crippen molar-refractivity contribution in [2.75, 3.05) is 0 Å². The Bertz CT molecular complexity index is 651. The molecule has 0 fully saturated rings. The van der Waals surface area contributed by atoms with Gasteiger partial charge in [0, 0.05) is 15.7 Å². The Kier molecular flexibility index (Phi) is 3.80. The van der Waals surface area contributed by atoms with Gasteiger partial charge in [-0.3, -0.25) is 0 Å². The van der Waals surface area contributed by atoms with Crippen molar-refractivity contribution < 1.29 is 13.2 Å². The third kappa shape index (κ3) is 3.38. The number of benzene rings is 2. The van der Waals surface area contributed by atoms with Crippen LogP contribution in [0, 0.1) is 0 Å². The summed E-state index contributed by atoms with van der Waals surface area (Å²) in [6.45, 7) is 0. The fourth-order valence-electron chi connectivity index (χ4n) is 1.34. The minimum atomic E-state index is -3.70. The average Bonchev–Trinajstić information content (AvgIpc) is 2.28. The molecule has 3 nitrogen and oxygen atoms in total. The van der Waals surface area contributed by atoms with Gasteiger partial charge in [-0.05, 0) is 42.5 Å². The van der Waals surface area contributed by atoms with E-state index in [9.17, 15) is 8.42 Å². The van der Waals surface area contributed by atoms with E-state index in [0.29, 0.717) is 16.5 Å². The van der Waals surface area contributed by atoms with Gasteiger partial charge in [-0.15, -0.1) is 0 Å². The summed E-state index contributed by atoms with van der Waals surface area (Å²) in [5, 5.41) is 0.562. The van der Waals surface area contributed by atoms with Gasteiger partial charge in [-0.25, -0.2) is 8.42 Å². The largest absolute Gasteiger partial charge is 0.457 e. The van der Waals surface area contributed by atoms with E-state index in [2.05, 4.69) is 0 Å². The van der Waals surface area contributed by atoms with Gasteiger partial charge >= 0.3 is 0 Å². The first-order chi connectivity index (χ1) is 8.45. The van der Waals surface area contributed by atoms with Crippen LogP contribution in [0.4, 0.5) is 0 Å². The second kappa shape index (κ2) is 5.18. The minimum absolute atomic E-state index is 0.0302. The predicted octanol–water partition coefficient (Wildman–Crippen LogP) is 4.06. The highest BCUT2D eigenvalue weighted by molar-refractivity contribution is 8.13. The van der Waals surface area contributed by atoms with Crippen LogP contribution in [0.2, 0.25) is 5.02 Å². The zero-order valence-electron chi connectivity index (χ0n) is 9.01. The molecule has 0 N–H and O–H groups in total. The minimum Gasteiger partial charge on any atom is -0.457 e. The molecule has 0 aliphatic carbocycles. The van der Waals surface area contributed by atoms with Crippen LogP contribution in [0.1, 0.15) is 0 Å². The summed E-state index contributed by atoms with van der Waals surface area (Å²) < 4.78 is 27.6. The molecule has 0 saturated heterocycles. The fraction of sp³-hybridized carbons (Fsp3) is 0. The molecule has 2 rings (SSSR count). The SMILES string of the molecule is O=S(=O)(Cl)c1ccc(Oc2cccc(Cl)c2)cc1. The zero-order chi connectivity index (χ0) is 13.2. The van der Waals surface area contributed by atoms with E-state index in [-0.39, 0.29) is 4.90 Å². The average molecular weight is 303 g/mol. The Morgan fingerprint density at radius 3 is 2.17 bits per heavy atom. The van der Waals surface area contributed by atoms with Gasteiger partial charge in [0.1, 0.15) is 11.5 Å². The van der Waals surface area contributed by atoms with Crippen LogP contribution in [-0.4, -0.2) is 8.42 Å². The van der Waals surface area contributed by atoms with Gasteiger partial charge in [0.15, 0.2) is 0 Å². The van der Waals surface area contributed by atoms with Gasteiger partial charge in [0.25, 0.3) is 9.05 Å². The molecule has 6 heteroatoms. The highest BCUT2D eigenvalue weighted by Gasteiger charge is 2.09. The summed E-state index contributed by atoms with van der Waals surface area (Å²) in [6, 6.07) is 12.7. The molecule has 18 heavy (non-hydrogen) atoms. The Labute approximate surface area is 114 Å². The lowest BCUT2D eigenvalue weighted by Crippen LogP contribution is -1.90. The van der Waals surface area contributed by atoms with Crippen LogP contribution in [0.15, 0.2) is 53.4 Å². The van der Waals surface area contributed by atoms with E-state index >= 15 is 0 Å². The van der Waals surface area contributed by atoms with Crippen molar-refractivity contribution in [1.82, 2.24) is 0 Å². The monoisotopic (exact) mass is 302 g/mol. The van der Waals surface area contributed by atoms with E-state index < -0.39 is 9.05 Å². The molecule has 0 aliphatic rings. The second-order valence-electron chi connectivity index (χ2n) is 3.47. The van der Waals surface area contributed by atoms with E-state index in [4.69, 9.17) is 27.0 Å². The highest BCUT2D eigenvalue weighted by Crippen LogP contribution is 2.25. The summed E-state index contributed by atoms with van der Waals surface area (Å²) in [6.07, 6.45) is 0. The molecule has 0 heterocycles. The molecule has 0 aliphatic heterocycles. The molecule has 0 radical (unpaired) electrons. The van der Waals surface area contributed by atoms with Crippen molar-refractivity contribution in [3.05, 3.63) is 53.6 Å². The lowest BCUT2D eigenvalue weighted by molar-refractivity contribution is 0.482. The quantitative estimate of drug-likeness (QED) is 0.803. The molecule has 0 atom stereocenters. The lowest BCUT2D eigenvalue weighted by atomic mass is 10.3. The molecule has 0 spiro atoms. The molecule has 2 aromatic carbocycles. The van der Waals surface area contributed by atoms with Gasteiger partial charge in [0.05, 0.1) is 4.90 Å². The topological polar surface area (TPSA) is 43.4 Å². The van der Waals surface area contributed by atoms with E-state index in [1.54, 1.807) is 24.3 Å². The molecule has 0 saturated carbocycles. The predicted molar refractivity (Wildman–Crippen MR) is 71.0 cm³/mol. The van der Waals surface area contributed by atoms with Crippen LogP contribution in [-0.2, 0) is 9.05 Å². The van der Waals surface area contributed by atoms with Gasteiger partial charge in [0.2, 0.25) is 0 Å². The molecular formula is C12H8Cl2O3S. The molecular weight excluding hydrogens is 295 g/mol. The highest BCUT2D eigenvalue weighted by atomic mass is 35.7. The Hall–Kier alpha value is -1.23. The third-order valence-corrected chi connectivity index (χ3v) is 3.74. The zero-order valence-corrected chi connectivity index (χ0v) is 11.3. The van der Waals surface area contributed by atoms with Crippen molar-refractivity contribution in [2.24, 2.45) is 0 Å². The molecule has 94 valence electrons. The maximum atomic E-state index is 11.1. The van der Waals surface area contributed by atoms with Crippen LogP contribution < -0.4 is 4.74 Å². The van der Waals surface area contributed by atoms with Crippen LogP contribution in [0.25, 0.3) is 0 Å². The first-order valence-electron chi connectivity index (χ1n) is 4.93. The number of hydrogen-bond donors (Lipinski definition) is 0. The number of halogens is 2. The summed E-state index contributed by atoms with van der Waals surface area (Å²) in [4.78, 5) is 0.0302. The maximum absolute atomic E-state index is 11.1. The van der Waals surface area contributed by atoms with E-state index in [0.717, 1.165) is 0 Å². The molecule has 0 aromatic heterocycles. The third-order valence-electron chi connectivity index (χ3n) is 2.14. The van der Waals surface area contributed by atoms with Crippen LogP contribution in [0.5, 0.6) is 11.5 Å². The van der Waals surface area contributed by atoms with Gasteiger partial charge in [-0.2, -0.15) is 0 Å². The standard InChI is InChI=1S/C12H8Cl2O3S/c13-9-2-1-3-11(8-9)17-10-4-6-12(7-5-10)18(14,15)16/h1-8H. The van der Waals surface area contributed by atoms with Crippen LogP contribution >= 0.6 is 22.3 Å². The van der Waals surface area contributed by atoms with Gasteiger partial charge in [-0.1, -0.05) is 17.7 Å². The summed E-state index contributed by atoms with van der Waals surface area (Å²) in [5.74, 6) is 1.07. The Balaban J connectivity index is 2.21. The molecule has 0 bridgehead atoms. The van der Waals surface area contributed by atoms with Crippen LogP contribution in [0.3, 0.4) is 0 Å². The number of rotatable bonds is 3. The maximum Gasteiger partial charge on any atom is 0.261 e. The number of ether oxygens (including phenoxy) is 1. The van der Waals surface area contributed by atoms with Crippen molar-refractivity contribution in [3.8, 4) is 11.5 Å². The first-order valence-corrected chi connectivity index (χ1v) is 7.62. The van der Waals surface area contributed by atoms with Gasteiger partial charge < -0.3 is 4.74 Å². The first kappa shape index (κ1) is 13.2.